The zero-order valence-electron chi connectivity index (χ0n) is 14.5. The van der Waals surface area contributed by atoms with Gasteiger partial charge in [0.05, 0.1) is 0 Å². The Morgan fingerprint density at radius 3 is 2.22 bits per heavy atom. The molecule has 0 aromatic heterocycles. The fourth-order valence-corrected chi connectivity index (χ4v) is 2.68. The van der Waals surface area contributed by atoms with Gasteiger partial charge in [0.15, 0.2) is 0 Å². The van der Waals surface area contributed by atoms with Gasteiger partial charge in [-0.1, -0.05) is 93.1 Å². The molecule has 0 amide bonds. The van der Waals surface area contributed by atoms with Crippen molar-refractivity contribution in [2.24, 2.45) is 0 Å². The topological polar surface area (TPSA) is 0 Å². The van der Waals surface area contributed by atoms with Crippen LogP contribution >= 0.6 is 0 Å². The number of rotatable bonds is 8. The smallest absolute Gasteiger partial charge is 0.00913 e. The molecule has 0 aliphatic heterocycles. The lowest BCUT2D eigenvalue weighted by Gasteiger charge is -2.09. The van der Waals surface area contributed by atoms with Gasteiger partial charge in [-0.05, 0) is 47.9 Å². The lowest BCUT2D eigenvalue weighted by Crippen LogP contribution is -1.89. The van der Waals surface area contributed by atoms with Crippen molar-refractivity contribution in [3.8, 4) is 11.1 Å². The van der Waals surface area contributed by atoms with Crippen molar-refractivity contribution in [3.63, 3.8) is 0 Å². The summed E-state index contributed by atoms with van der Waals surface area (Å²) < 4.78 is 0. The summed E-state index contributed by atoms with van der Waals surface area (Å²) in [5.41, 5.74) is 5.44. The normalized spacial score (nSPS) is 11.6. The highest BCUT2D eigenvalue weighted by molar-refractivity contribution is 5.67. The molecule has 0 aliphatic rings. The molecule has 0 heteroatoms. The van der Waals surface area contributed by atoms with E-state index >= 15 is 0 Å². The molecule has 0 nitrogen and oxygen atoms in total. The number of hydrogen-bond acceptors (Lipinski definition) is 0. The Hall–Kier alpha value is -2.08. The van der Waals surface area contributed by atoms with E-state index in [4.69, 9.17) is 0 Å². The molecule has 0 unspecified atom stereocenters. The van der Waals surface area contributed by atoms with E-state index in [1.54, 1.807) is 0 Å². The fourth-order valence-electron chi connectivity index (χ4n) is 2.68. The van der Waals surface area contributed by atoms with Crippen LogP contribution < -0.4 is 0 Å². The average Bonchev–Trinajstić information content (AvgIpc) is 2.60. The summed E-state index contributed by atoms with van der Waals surface area (Å²) in [6, 6.07) is 17.7. The summed E-state index contributed by atoms with van der Waals surface area (Å²) in [6.45, 7) is 4.39. The maximum absolute atomic E-state index is 2.30. The quantitative estimate of drug-likeness (QED) is 0.472. The van der Waals surface area contributed by atoms with Crippen LogP contribution in [0.4, 0.5) is 0 Å². The van der Waals surface area contributed by atoms with Crippen molar-refractivity contribution in [2.45, 2.75) is 46.0 Å². The first kappa shape index (κ1) is 17.3. The average molecular weight is 304 g/mol. The van der Waals surface area contributed by atoms with E-state index in [2.05, 4.69) is 86.7 Å². The van der Waals surface area contributed by atoms with Crippen molar-refractivity contribution in [1.82, 2.24) is 0 Å². The zero-order chi connectivity index (χ0) is 16.3. The number of allylic oxidation sites excluding steroid dienone is 4. The fraction of sp³-hybridized carbons (Fsp3) is 0.304. The maximum atomic E-state index is 2.30. The molecule has 2 aromatic carbocycles. The molecule has 0 heterocycles. The van der Waals surface area contributed by atoms with Crippen LogP contribution in [0, 0.1) is 0 Å². The van der Waals surface area contributed by atoms with Gasteiger partial charge in [-0.3, -0.25) is 0 Å². The Morgan fingerprint density at radius 1 is 0.739 bits per heavy atom. The predicted molar refractivity (Wildman–Crippen MR) is 103 cm³/mol. The molecule has 2 aromatic rings. The predicted octanol–water partition coefficient (Wildman–Crippen LogP) is 6.76. The van der Waals surface area contributed by atoms with Crippen molar-refractivity contribution in [2.75, 3.05) is 0 Å². The second kappa shape index (κ2) is 9.84. The molecular formula is C23H28. The second-order valence-corrected chi connectivity index (χ2v) is 5.90. The molecule has 0 aliphatic carbocycles. The van der Waals surface area contributed by atoms with E-state index < -0.39 is 0 Å². The largest absolute Gasteiger partial charge is 0.0885 e. The molecule has 2 rings (SSSR count). The molecule has 0 atom stereocenters. The van der Waals surface area contributed by atoms with Crippen LogP contribution in [0.3, 0.4) is 0 Å². The Bertz CT molecular complexity index is 629. The van der Waals surface area contributed by atoms with Crippen molar-refractivity contribution < 1.29 is 0 Å². The van der Waals surface area contributed by atoms with E-state index in [0.717, 1.165) is 19.3 Å². The monoisotopic (exact) mass is 304 g/mol. The molecule has 0 saturated heterocycles. The van der Waals surface area contributed by atoms with Crippen LogP contribution in [0.25, 0.3) is 11.1 Å². The Balaban J connectivity index is 2.13. The van der Waals surface area contributed by atoms with Gasteiger partial charge in [0.25, 0.3) is 0 Å². The van der Waals surface area contributed by atoms with E-state index in [0.29, 0.717) is 0 Å². The van der Waals surface area contributed by atoms with Gasteiger partial charge in [0.1, 0.15) is 0 Å². The van der Waals surface area contributed by atoms with Crippen LogP contribution in [0.1, 0.15) is 44.2 Å². The van der Waals surface area contributed by atoms with Crippen LogP contribution in [0.2, 0.25) is 0 Å². The number of benzene rings is 2. The molecule has 0 spiro atoms. The summed E-state index contributed by atoms with van der Waals surface area (Å²) in [5, 5.41) is 0. The third-order valence-electron chi connectivity index (χ3n) is 4.00. The highest BCUT2D eigenvalue weighted by atomic mass is 14.1. The van der Waals surface area contributed by atoms with Crippen molar-refractivity contribution in [1.29, 1.82) is 0 Å². The lowest BCUT2D eigenvalue weighted by molar-refractivity contribution is 0.953. The number of hydrogen-bond donors (Lipinski definition) is 0. The van der Waals surface area contributed by atoms with Gasteiger partial charge >= 0.3 is 0 Å². The third kappa shape index (κ3) is 5.56. The van der Waals surface area contributed by atoms with Gasteiger partial charge in [-0.2, -0.15) is 0 Å². The van der Waals surface area contributed by atoms with Crippen molar-refractivity contribution in [3.05, 3.63) is 84.0 Å². The minimum absolute atomic E-state index is 1.01. The van der Waals surface area contributed by atoms with E-state index in [9.17, 15) is 0 Å². The lowest BCUT2D eigenvalue weighted by atomic mass is 9.96. The van der Waals surface area contributed by atoms with Crippen LogP contribution in [0.15, 0.2) is 72.8 Å². The maximum Gasteiger partial charge on any atom is -0.00913 e. The Labute approximate surface area is 141 Å². The van der Waals surface area contributed by atoms with Gasteiger partial charge in [-0.25, -0.2) is 0 Å². The van der Waals surface area contributed by atoms with Gasteiger partial charge in [-0.15, -0.1) is 0 Å². The molecule has 0 fully saturated rings. The standard InChI is InChI=1S/C23H28/c1-3-5-7-9-13-21-14-10-11-15-23(21)22-18-16-20(17-19-22)12-8-6-4-2/h6-11,14-19H,3-5,12-13H2,1-2H3. The first-order valence-corrected chi connectivity index (χ1v) is 8.82. The molecule has 0 radical (unpaired) electrons. The Kier molecular flexibility index (Phi) is 7.39. The third-order valence-corrected chi connectivity index (χ3v) is 4.00. The minimum atomic E-state index is 1.01. The van der Waals surface area contributed by atoms with E-state index in [-0.39, 0.29) is 0 Å². The van der Waals surface area contributed by atoms with Gasteiger partial charge in [0.2, 0.25) is 0 Å². The second-order valence-electron chi connectivity index (χ2n) is 5.90. The molecule has 0 saturated carbocycles. The summed E-state index contributed by atoms with van der Waals surface area (Å²) in [5.74, 6) is 0. The molecular weight excluding hydrogens is 276 g/mol. The molecule has 0 bridgehead atoms. The van der Waals surface area contributed by atoms with E-state index in [1.165, 1.54) is 35.1 Å². The summed E-state index contributed by atoms with van der Waals surface area (Å²) in [7, 11) is 0. The van der Waals surface area contributed by atoms with E-state index in [1.807, 2.05) is 0 Å². The first-order chi connectivity index (χ1) is 11.3. The first-order valence-electron chi connectivity index (χ1n) is 8.82. The summed E-state index contributed by atoms with van der Waals surface area (Å²) in [4.78, 5) is 0. The summed E-state index contributed by atoms with van der Waals surface area (Å²) >= 11 is 0. The minimum Gasteiger partial charge on any atom is -0.0885 e. The highest BCUT2D eigenvalue weighted by Gasteiger charge is 2.03. The summed E-state index contributed by atoms with van der Waals surface area (Å²) in [6.07, 6.45) is 14.6. The highest BCUT2D eigenvalue weighted by Crippen LogP contribution is 2.25. The molecule has 0 N–H and O–H groups in total. The Morgan fingerprint density at radius 2 is 1.48 bits per heavy atom. The van der Waals surface area contributed by atoms with Crippen LogP contribution in [0.5, 0.6) is 0 Å². The zero-order valence-corrected chi connectivity index (χ0v) is 14.5. The van der Waals surface area contributed by atoms with Gasteiger partial charge < -0.3 is 0 Å². The van der Waals surface area contributed by atoms with Crippen molar-refractivity contribution >= 4 is 0 Å². The molecule has 120 valence electrons. The van der Waals surface area contributed by atoms with Crippen LogP contribution in [-0.2, 0) is 12.8 Å². The number of unbranched alkanes of at least 4 members (excludes halogenated alkanes) is 1. The van der Waals surface area contributed by atoms with Crippen LogP contribution in [-0.4, -0.2) is 0 Å². The molecule has 23 heavy (non-hydrogen) atoms. The van der Waals surface area contributed by atoms with Gasteiger partial charge in [0, 0.05) is 0 Å². The SMILES string of the molecule is CCC=CCc1ccc(-c2ccccc2CC=CCCC)cc1.